The van der Waals surface area contributed by atoms with Gasteiger partial charge in [0.25, 0.3) is 0 Å². The van der Waals surface area contributed by atoms with Crippen molar-refractivity contribution in [2.45, 2.75) is 0 Å². The Balaban J connectivity index is 2.58. The van der Waals surface area contributed by atoms with Crippen molar-refractivity contribution in [2.24, 2.45) is 0 Å². The molecule has 1 aromatic carbocycles. The highest BCUT2D eigenvalue weighted by atomic mass is 35.5. The number of aromatic nitrogens is 2. The minimum atomic E-state index is 0.194. The number of methoxy groups -OCH3 is 1. The second kappa shape index (κ2) is 4.68. The van der Waals surface area contributed by atoms with E-state index in [1.807, 2.05) is 0 Å². The van der Waals surface area contributed by atoms with Crippen LogP contribution in [0, 0.1) is 0 Å². The summed E-state index contributed by atoms with van der Waals surface area (Å²) >= 11 is 11.7. The molecule has 0 spiro atoms. The van der Waals surface area contributed by atoms with Crippen molar-refractivity contribution >= 4 is 23.2 Å². The number of halogens is 2. The van der Waals surface area contributed by atoms with E-state index in [0.717, 1.165) is 5.56 Å². The summed E-state index contributed by atoms with van der Waals surface area (Å²) in [4.78, 5) is 7.93. The van der Waals surface area contributed by atoms with Crippen molar-refractivity contribution in [1.29, 1.82) is 0 Å². The third-order valence-electron chi connectivity index (χ3n) is 2.06. The van der Waals surface area contributed by atoms with E-state index >= 15 is 0 Å². The molecule has 16 heavy (non-hydrogen) atoms. The Kier molecular flexibility index (Phi) is 3.27. The van der Waals surface area contributed by atoms with E-state index < -0.39 is 0 Å². The van der Waals surface area contributed by atoms with Gasteiger partial charge in [-0.1, -0.05) is 11.6 Å². The fourth-order valence-corrected chi connectivity index (χ4v) is 1.68. The van der Waals surface area contributed by atoms with Gasteiger partial charge in [-0.25, -0.2) is 9.97 Å². The van der Waals surface area contributed by atoms with Gasteiger partial charge >= 0.3 is 0 Å². The Morgan fingerprint density at radius 3 is 2.69 bits per heavy atom. The fourth-order valence-electron chi connectivity index (χ4n) is 1.37. The van der Waals surface area contributed by atoms with E-state index in [2.05, 4.69) is 9.97 Å². The molecule has 2 aromatic rings. The Labute approximate surface area is 103 Å². The van der Waals surface area contributed by atoms with Crippen LogP contribution in [-0.4, -0.2) is 17.1 Å². The number of hydrogen-bond donors (Lipinski definition) is 0. The predicted molar refractivity (Wildman–Crippen MR) is 64.0 cm³/mol. The average Bonchev–Trinajstić information content (AvgIpc) is 2.29. The molecule has 0 unspecified atom stereocenters. The minimum Gasteiger partial charge on any atom is -0.496 e. The summed E-state index contributed by atoms with van der Waals surface area (Å²) in [6.07, 6.45) is 1.59. The van der Waals surface area contributed by atoms with E-state index in [1.165, 1.54) is 0 Å². The predicted octanol–water partition coefficient (Wildman–Crippen LogP) is 3.46. The number of benzene rings is 1. The van der Waals surface area contributed by atoms with Crippen LogP contribution in [0.4, 0.5) is 0 Å². The van der Waals surface area contributed by atoms with Crippen LogP contribution in [0.25, 0.3) is 11.3 Å². The zero-order valence-electron chi connectivity index (χ0n) is 8.45. The molecule has 0 N–H and O–H groups in total. The maximum Gasteiger partial charge on any atom is 0.222 e. The molecule has 0 saturated carbocycles. The average molecular weight is 255 g/mol. The van der Waals surface area contributed by atoms with Gasteiger partial charge in [0.15, 0.2) is 0 Å². The monoisotopic (exact) mass is 254 g/mol. The smallest absolute Gasteiger partial charge is 0.222 e. The number of nitrogens with zero attached hydrogens (tertiary/aromatic N) is 2. The molecule has 2 rings (SSSR count). The third kappa shape index (κ3) is 2.26. The summed E-state index contributed by atoms with van der Waals surface area (Å²) in [5.41, 5.74) is 1.47. The molecule has 0 amide bonds. The van der Waals surface area contributed by atoms with Crippen molar-refractivity contribution in [3.05, 3.63) is 40.8 Å². The molecule has 0 aliphatic rings. The van der Waals surface area contributed by atoms with Crippen molar-refractivity contribution in [3.63, 3.8) is 0 Å². The van der Waals surface area contributed by atoms with Gasteiger partial charge in [-0.2, -0.15) is 0 Å². The summed E-state index contributed by atoms with van der Waals surface area (Å²) in [6.45, 7) is 0. The topological polar surface area (TPSA) is 35.0 Å². The first-order chi connectivity index (χ1) is 7.70. The highest BCUT2D eigenvalue weighted by Crippen LogP contribution is 2.31. The van der Waals surface area contributed by atoms with Gasteiger partial charge in [-0.15, -0.1) is 0 Å². The van der Waals surface area contributed by atoms with Crippen LogP contribution >= 0.6 is 23.2 Å². The summed E-state index contributed by atoms with van der Waals surface area (Å²) in [5.74, 6) is 0.694. The molecule has 0 radical (unpaired) electrons. The standard InChI is InChI=1S/C11H8Cl2N2O/c1-16-10-3-2-7(12)6-8(10)9-4-5-14-11(13)15-9/h2-6H,1H3. The van der Waals surface area contributed by atoms with Crippen LogP contribution < -0.4 is 4.74 Å². The zero-order chi connectivity index (χ0) is 11.5. The highest BCUT2D eigenvalue weighted by Gasteiger charge is 2.08. The molecular weight excluding hydrogens is 247 g/mol. The Hall–Kier alpha value is -1.32. The normalized spacial score (nSPS) is 10.2. The molecule has 0 bridgehead atoms. The van der Waals surface area contributed by atoms with Crippen LogP contribution in [0.15, 0.2) is 30.5 Å². The van der Waals surface area contributed by atoms with Crippen LogP contribution in [-0.2, 0) is 0 Å². The van der Waals surface area contributed by atoms with Gasteiger partial charge < -0.3 is 4.74 Å². The van der Waals surface area contributed by atoms with Gasteiger partial charge in [0, 0.05) is 16.8 Å². The van der Waals surface area contributed by atoms with Crippen LogP contribution in [0.5, 0.6) is 5.75 Å². The second-order valence-electron chi connectivity index (χ2n) is 3.06. The SMILES string of the molecule is COc1ccc(Cl)cc1-c1ccnc(Cl)n1. The molecule has 1 aromatic heterocycles. The van der Waals surface area contributed by atoms with Crippen LogP contribution in [0.3, 0.4) is 0 Å². The first-order valence-electron chi connectivity index (χ1n) is 4.53. The maximum absolute atomic E-state index is 5.93. The van der Waals surface area contributed by atoms with Crippen molar-refractivity contribution in [3.8, 4) is 17.0 Å². The van der Waals surface area contributed by atoms with Gasteiger partial charge in [0.1, 0.15) is 5.75 Å². The van der Waals surface area contributed by atoms with Crippen molar-refractivity contribution < 1.29 is 4.74 Å². The summed E-state index contributed by atoms with van der Waals surface area (Å²) < 4.78 is 5.23. The van der Waals surface area contributed by atoms with Gasteiger partial charge in [-0.05, 0) is 35.9 Å². The summed E-state index contributed by atoms with van der Waals surface area (Å²) in [6, 6.07) is 7.07. The molecule has 0 fully saturated rings. The first-order valence-corrected chi connectivity index (χ1v) is 5.29. The van der Waals surface area contributed by atoms with E-state index in [9.17, 15) is 0 Å². The molecule has 0 atom stereocenters. The Morgan fingerprint density at radius 2 is 2.00 bits per heavy atom. The largest absolute Gasteiger partial charge is 0.496 e. The lowest BCUT2D eigenvalue weighted by atomic mass is 10.1. The van der Waals surface area contributed by atoms with E-state index in [0.29, 0.717) is 16.5 Å². The maximum atomic E-state index is 5.93. The zero-order valence-corrected chi connectivity index (χ0v) is 9.96. The molecule has 3 nitrogen and oxygen atoms in total. The minimum absolute atomic E-state index is 0.194. The Morgan fingerprint density at radius 1 is 1.19 bits per heavy atom. The van der Waals surface area contributed by atoms with Crippen LogP contribution in [0.1, 0.15) is 0 Å². The lowest BCUT2D eigenvalue weighted by molar-refractivity contribution is 0.416. The second-order valence-corrected chi connectivity index (χ2v) is 3.83. The van der Waals surface area contributed by atoms with E-state index in [1.54, 1.807) is 37.6 Å². The molecule has 0 aliphatic carbocycles. The van der Waals surface area contributed by atoms with Gasteiger partial charge in [0.2, 0.25) is 5.28 Å². The molecular formula is C11H8Cl2N2O. The van der Waals surface area contributed by atoms with E-state index in [4.69, 9.17) is 27.9 Å². The quantitative estimate of drug-likeness (QED) is 0.771. The summed E-state index contributed by atoms with van der Waals surface area (Å²) in [5, 5.41) is 0.810. The van der Waals surface area contributed by atoms with Crippen molar-refractivity contribution in [1.82, 2.24) is 9.97 Å². The lowest BCUT2D eigenvalue weighted by Gasteiger charge is -2.08. The lowest BCUT2D eigenvalue weighted by Crippen LogP contribution is -1.91. The Bertz CT molecular complexity index is 517. The summed E-state index contributed by atoms with van der Waals surface area (Å²) in [7, 11) is 1.59. The molecule has 0 saturated heterocycles. The molecule has 1 heterocycles. The fraction of sp³-hybridized carbons (Fsp3) is 0.0909. The number of ether oxygens (including phenoxy) is 1. The highest BCUT2D eigenvalue weighted by molar-refractivity contribution is 6.31. The number of hydrogen-bond acceptors (Lipinski definition) is 3. The number of rotatable bonds is 2. The molecule has 0 aliphatic heterocycles. The first kappa shape index (κ1) is 11.2. The van der Waals surface area contributed by atoms with Gasteiger partial charge in [-0.3, -0.25) is 0 Å². The van der Waals surface area contributed by atoms with Gasteiger partial charge in [0.05, 0.1) is 12.8 Å². The van der Waals surface area contributed by atoms with Crippen LogP contribution in [0.2, 0.25) is 10.3 Å². The molecule has 5 heteroatoms. The third-order valence-corrected chi connectivity index (χ3v) is 2.48. The molecule has 82 valence electrons. The van der Waals surface area contributed by atoms with Crippen molar-refractivity contribution in [2.75, 3.05) is 7.11 Å². The van der Waals surface area contributed by atoms with E-state index in [-0.39, 0.29) is 5.28 Å².